The summed E-state index contributed by atoms with van der Waals surface area (Å²) in [5, 5.41) is 8.96. The number of likely N-dealkylation sites (tertiary alicyclic amines) is 1. The lowest BCUT2D eigenvalue weighted by molar-refractivity contribution is -0.154. The Morgan fingerprint density at radius 2 is 1.96 bits per heavy atom. The van der Waals surface area contributed by atoms with Crippen molar-refractivity contribution in [3.63, 3.8) is 0 Å². The number of piperidine rings is 1. The quantitative estimate of drug-likeness (QED) is 0.842. The summed E-state index contributed by atoms with van der Waals surface area (Å²) in [5.41, 5.74) is 1.23. The SMILES string of the molecule is O=C(O)CCC1CCCCN1C(=O)C1CN(Cc2ccccc2)CCO1. The number of rotatable bonds is 6. The number of hydrogen-bond donors (Lipinski definition) is 1. The Morgan fingerprint density at radius 3 is 2.73 bits per heavy atom. The van der Waals surface area contributed by atoms with Crippen molar-refractivity contribution in [3.05, 3.63) is 35.9 Å². The van der Waals surface area contributed by atoms with Gasteiger partial charge in [-0.3, -0.25) is 14.5 Å². The summed E-state index contributed by atoms with van der Waals surface area (Å²) in [4.78, 5) is 28.1. The van der Waals surface area contributed by atoms with Crippen LogP contribution < -0.4 is 0 Å². The molecule has 6 heteroatoms. The smallest absolute Gasteiger partial charge is 0.303 e. The molecule has 26 heavy (non-hydrogen) atoms. The third kappa shape index (κ3) is 5.05. The predicted octanol–water partition coefficient (Wildman–Crippen LogP) is 2.13. The zero-order valence-corrected chi connectivity index (χ0v) is 15.2. The van der Waals surface area contributed by atoms with E-state index in [4.69, 9.17) is 9.84 Å². The van der Waals surface area contributed by atoms with E-state index in [1.807, 2.05) is 23.1 Å². The molecule has 2 saturated heterocycles. The van der Waals surface area contributed by atoms with Gasteiger partial charge in [-0.25, -0.2) is 0 Å². The van der Waals surface area contributed by atoms with Gasteiger partial charge >= 0.3 is 5.97 Å². The first-order valence-electron chi connectivity index (χ1n) is 9.53. The second-order valence-electron chi connectivity index (χ2n) is 7.19. The number of morpholine rings is 1. The van der Waals surface area contributed by atoms with E-state index in [1.165, 1.54) is 5.56 Å². The summed E-state index contributed by atoms with van der Waals surface area (Å²) < 4.78 is 5.79. The van der Waals surface area contributed by atoms with Crippen LogP contribution in [-0.4, -0.2) is 65.2 Å². The van der Waals surface area contributed by atoms with Gasteiger partial charge in [0.05, 0.1) is 6.61 Å². The van der Waals surface area contributed by atoms with E-state index in [1.54, 1.807) is 0 Å². The Balaban J connectivity index is 1.59. The summed E-state index contributed by atoms with van der Waals surface area (Å²) in [5.74, 6) is -0.774. The molecule has 0 aliphatic carbocycles. The highest BCUT2D eigenvalue weighted by atomic mass is 16.5. The highest BCUT2D eigenvalue weighted by molar-refractivity contribution is 5.81. The monoisotopic (exact) mass is 360 g/mol. The number of carbonyl (C=O) groups is 2. The van der Waals surface area contributed by atoms with Crippen LogP contribution in [0.4, 0.5) is 0 Å². The van der Waals surface area contributed by atoms with Gasteiger partial charge in [-0.1, -0.05) is 30.3 Å². The van der Waals surface area contributed by atoms with Crippen LogP contribution in [-0.2, 0) is 20.9 Å². The summed E-state index contributed by atoms with van der Waals surface area (Å²) in [6.07, 6.45) is 3.12. The normalized spacial score (nSPS) is 24.4. The Labute approximate surface area is 154 Å². The first-order valence-corrected chi connectivity index (χ1v) is 9.53. The van der Waals surface area contributed by atoms with Crippen LogP contribution in [0, 0.1) is 0 Å². The second-order valence-corrected chi connectivity index (χ2v) is 7.19. The van der Waals surface area contributed by atoms with Crippen LogP contribution in [0.25, 0.3) is 0 Å². The molecule has 1 aromatic rings. The Bertz CT molecular complexity index is 607. The van der Waals surface area contributed by atoms with Crippen LogP contribution >= 0.6 is 0 Å². The van der Waals surface area contributed by atoms with Crippen molar-refractivity contribution in [2.75, 3.05) is 26.2 Å². The van der Waals surface area contributed by atoms with Gasteiger partial charge in [0, 0.05) is 38.6 Å². The van der Waals surface area contributed by atoms with Gasteiger partial charge in [0.2, 0.25) is 0 Å². The molecule has 2 heterocycles. The van der Waals surface area contributed by atoms with Crippen LogP contribution in [0.1, 0.15) is 37.7 Å². The molecule has 0 radical (unpaired) electrons. The molecule has 1 aromatic carbocycles. The molecule has 0 spiro atoms. The number of ether oxygens (including phenoxy) is 1. The molecular formula is C20H28N2O4. The fourth-order valence-corrected chi connectivity index (χ4v) is 3.90. The maximum atomic E-state index is 13.0. The maximum absolute atomic E-state index is 13.0. The van der Waals surface area contributed by atoms with Crippen molar-refractivity contribution in [2.45, 2.75) is 50.8 Å². The van der Waals surface area contributed by atoms with Gasteiger partial charge in [0.1, 0.15) is 6.10 Å². The van der Waals surface area contributed by atoms with Crippen LogP contribution in [0.3, 0.4) is 0 Å². The van der Waals surface area contributed by atoms with Crippen molar-refractivity contribution < 1.29 is 19.4 Å². The van der Waals surface area contributed by atoms with Gasteiger partial charge in [-0.05, 0) is 31.2 Å². The van der Waals surface area contributed by atoms with Crippen molar-refractivity contribution in [1.29, 1.82) is 0 Å². The van der Waals surface area contributed by atoms with E-state index in [2.05, 4.69) is 17.0 Å². The number of carboxylic acid groups (broad SMARTS) is 1. The highest BCUT2D eigenvalue weighted by Gasteiger charge is 2.34. The third-order valence-corrected chi connectivity index (χ3v) is 5.28. The molecule has 142 valence electrons. The zero-order valence-electron chi connectivity index (χ0n) is 15.2. The minimum Gasteiger partial charge on any atom is -0.481 e. The Kier molecular flexibility index (Phi) is 6.63. The van der Waals surface area contributed by atoms with Crippen molar-refractivity contribution in [1.82, 2.24) is 9.80 Å². The number of hydrogen-bond acceptors (Lipinski definition) is 4. The minimum atomic E-state index is -0.800. The molecule has 2 aliphatic rings. The fraction of sp³-hybridized carbons (Fsp3) is 0.600. The molecule has 2 atom stereocenters. The summed E-state index contributed by atoms with van der Waals surface area (Å²) in [7, 11) is 0. The second kappa shape index (κ2) is 9.14. The molecule has 0 saturated carbocycles. The molecule has 0 aromatic heterocycles. The average molecular weight is 360 g/mol. The van der Waals surface area contributed by atoms with Crippen molar-refractivity contribution in [3.8, 4) is 0 Å². The summed E-state index contributed by atoms with van der Waals surface area (Å²) >= 11 is 0. The minimum absolute atomic E-state index is 0.0258. The lowest BCUT2D eigenvalue weighted by atomic mass is 9.97. The van der Waals surface area contributed by atoms with Crippen LogP contribution in [0.2, 0.25) is 0 Å². The Morgan fingerprint density at radius 1 is 1.15 bits per heavy atom. The zero-order chi connectivity index (χ0) is 18.4. The Hall–Kier alpha value is -1.92. The molecule has 2 aliphatic heterocycles. The lowest BCUT2D eigenvalue weighted by Crippen LogP contribution is -2.54. The highest BCUT2D eigenvalue weighted by Crippen LogP contribution is 2.23. The molecule has 6 nitrogen and oxygen atoms in total. The number of aliphatic carboxylic acids is 1. The van der Waals surface area contributed by atoms with Crippen molar-refractivity contribution in [2.24, 2.45) is 0 Å². The van der Waals surface area contributed by atoms with Crippen LogP contribution in [0.5, 0.6) is 0 Å². The summed E-state index contributed by atoms with van der Waals surface area (Å²) in [6, 6.07) is 10.3. The number of carboxylic acids is 1. The lowest BCUT2D eigenvalue weighted by Gasteiger charge is -2.40. The predicted molar refractivity (Wildman–Crippen MR) is 97.7 cm³/mol. The van der Waals surface area contributed by atoms with Crippen LogP contribution in [0.15, 0.2) is 30.3 Å². The molecule has 2 unspecified atom stereocenters. The van der Waals surface area contributed by atoms with E-state index >= 15 is 0 Å². The van der Waals surface area contributed by atoms with E-state index in [0.717, 1.165) is 32.4 Å². The summed E-state index contributed by atoms with van der Waals surface area (Å²) in [6.45, 7) is 3.49. The first-order chi connectivity index (χ1) is 12.6. The maximum Gasteiger partial charge on any atom is 0.303 e. The van der Waals surface area contributed by atoms with Gasteiger partial charge in [-0.15, -0.1) is 0 Å². The molecule has 1 N–H and O–H groups in total. The van der Waals surface area contributed by atoms with E-state index in [-0.39, 0.29) is 18.4 Å². The molecule has 3 rings (SSSR count). The number of amides is 1. The number of nitrogens with zero attached hydrogens (tertiary/aromatic N) is 2. The van der Waals surface area contributed by atoms with E-state index in [0.29, 0.717) is 26.1 Å². The molecule has 1 amide bonds. The van der Waals surface area contributed by atoms with Gasteiger partial charge in [0.25, 0.3) is 5.91 Å². The molecular weight excluding hydrogens is 332 g/mol. The van der Waals surface area contributed by atoms with Gasteiger partial charge < -0.3 is 14.7 Å². The first kappa shape index (κ1) is 18.9. The third-order valence-electron chi connectivity index (χ3n) is 5.28. The van der Waals surface area contributed by atoms with E-state index in [9.17, 15) is 9.59 Å². The van der Waals surface area contributed by atoms with Gasteiger partial charge in [0.15, 0.2) is 0 Å². The number of carbonyl (C=O) groups excluding carboxylic acids is 1. The number of benzene rings is 1. The molecule has 0 bridgehead atoms. The molecule has 2 fully saturated rings. The fourth-order valence-electron chi connectivity index (χ4n) is 3.90. The van der Waals surface area contributed by atoms with Crippen molar-refractivity contribution >= 4 is 11.9 Å². The topological polar surface area (TPSA) is 70.1 Å². The average Bonchev–Trinajstić information content (AvgIpc) is 2.67. The van der Waals surface area contributed by atoms with E-state index < -0.39 is 12.1 Å². The standard InChI is InChI=1S/C20H28N2O4/c23-19(24)10-9-17-8-4-5-11-22(17)20(25)18-15-21(12-13-26-18)14-16-6-2-1-3-7-16/h1-3,6-7,17-18H,4-5,8-15H2,(H,23,24). The largest absolute Gasteiger partial charge is 0.481 e. The van der Waals surface area contributed by atoms with Gasteiger partial charge in [-0.2, -0.15) is 0 Å².